The molecule has 1 fully saturated rings. The van der Waals surface area contributed by atoms with Crippen LogP contribution in [0.25, 0.3) is 0 Å². The van der Waals surface area contributed by atoms with Crippen molar-refractivity contribution in [1.82, 2.24) is 15.3 Å². The Hall–Kier alpha value is -2.92. The van der Waals surface area contributed by atoms with Gasteiger partial charge in [0.1, 0.15) is 11.3 Å². The van der Waals surface area contributed by atoms with Crippen LogP contribution < -0.4 is 10.1 Å². The molecule has 1 atom stereocenters. The molecule has 0 saturated heterocycles. The summed E-state index contributed by atoms with van der Waals surface area (Å²) in [7, 11) is -2.05. The van der Waals surface area contributed by atoms with E-state index in [1.54, 1.807) is 30.3 Å². The molecule has 1 N–H and O–H groups in total. The topological polar surface area (TPSA) is 107 Å². The quantitative estimate of drug-likeness (QED) is 0.572. The van der Waals surface area contributed by atoms with Crippen LogP contribution in [0.5, 0.6) is 11.6 Å². The predicted molar refractivity (Wildman–Crippen MR) is 112 cm³/mol. The fourth-order valence-corrected chi connectivity index (χ4v) is 3.27. The van der Waals surface area contributed by atoms with Gasteiger partial charge in [-0.3, -0.25) is 4.79 Å². The minimum absolute atomic E-state index is 0.0225. The molecule has 0 radical (unpaired) electrons. The number of methoxy groups -OCH3 is 1. The zero-order valence-corrected chi connectivity index (χ0v) is 18.3. The van der Waals surface area contributed by atoms with Crippen molar-refractivity contribution in [3.8, 4) is 11.6 Å². The van der Waals surface area contributed by atoms with Gasteiger partial charge in [0, 0.05) is 30.9 Å². The second-order valence-electron chi connectivity index (χ2n) is 7.42. The number of nitrogens with one attached hydrogen (secondary N) is 1. The molecule has 8 nitrogen and oxygen atoms in total. The van der Waals surface area contributed by atoms with Crippen molar-refractivity contribution < 1.29 is 31.5 Å². The number of ether oxygens (including phenoxy) is 2. The molecule has 1 heterocycles. The number of carbonyl (C=O) groups is 1. The van der Waals surface area contributed by atoms with Crippen LogP contribution in [0.15, 0.2) is 48.0 Å². The molecule has 0 bridgehead atoms. The molecular formula is C21H23F2N3O5S. The first-order valence-electron chi connectivity index (χ1n) is 9.76. The Kier molecular flexibility index (Phi) is 7.19. The van der Waals surface area contributed by atoms with Crippen molar-refractivity contribution in [3.05, 3.63) is 59.4 Å². The predicted octanol–water partition coefficient (Wildman–Crippen LogP) is 3.07. The summed E-state index contributed by atoms with van der Waals surface area (Å²) >= 11 is 0. The van der Waals surface area contributed by atoms with Crippen molar-refractivity contribution >= 4 is 15.7 Å². The van der Waals surface area contributed by atoms with Crippen LogP contribution in [-0.2, 0) is 20.5 Å². The molecule has 1 aliphatic rings. The van der Waals surface area contributed by atoms with E-state index in [2.05, 4.69) is 15.3 Å². The van der Waals surface area contributed by atoms with E-state index in [1.807, 2.05) is 0 Å². The summed E-state index contributed by atoms with van der Waals surface area (Å²) in [5.41, 5.74) is -0.182. The van der Waals surface area contributed by atoms with Gasteiger partial charge < -0.3 is 14.8 Å². The third-order valence-corrected chi connectivity index (χ3v) is 5.22. The SMILES string of the molecule is COC[C@@H](/C=C/S(C)(=O)=O)NC(=O)c1cnc(C(F)(F)C2CC2)nc1Oc1ccccc1. The zero-order valence-electron chi connectivity index (χ0n) is 17.5. The van der Waals surface area contributed by atoms with Crippen molar-refractivity contribution in [2.45, 2.75) is 24.8 Å². The molecular weight excluding hydrogens is 444 g/mol. The van der Waals surface area contributed by atoms with E-state index in [0.717, 1.165) is 17.9 Å². The first kappa shape index (κ1) is 23.7. The number of para-hydroxylation sites is 1. The summed E-state index contributed by atoms with van der Waals surface area (Å²) in [6.45, 7) is -0.0225. The van der Waals surface area contributed by atoms with Gasteiger partial charge in [0.2, 0.25) is 11.7 Å². The summed E-state index contributed by atoms with van der Waals surface area (Å²) in [4.78, 5) is 20.5. The summed E-state index contributed by atoms with van der Waals surface area (Å²) < 4.78 is 62.5. The maximum Gasteiger partial charge on any atom is 0.309 e. The second kappa shape index (κ2) is 9.70. The lowest BCUT2D eigenvalue weighted by Crippen LogP contribution is -2.37. The molecule has 3 rings (SSSR count). The molecule has 1 aliphatic carbocycles. The molecule has 0 unspecified atom stereocenters. The molecule has 0 spiro atoms. The average molecular weight is 467 g/mol. The summed E-state index contributed by atoms with van der Waals surface area (Å²) in [5.74, 6) is -5.56. The van der Waals surface area contributed by atoms with Gasteiger partial charge in [0.25, 0.3) is 5.91 Å². The number of sulfone groups is 1. The third kappa shape index (κ3) is 6.30. The van der Waals surface area contributed by atoms with Crippen molar-refractivity contribution in [3.63, 3.8) is 0 Å². The van der Waals surface area contributed by atoms with Crippen molar-refractivity contribution in [2.24, 2.45) is 5.92 Å². The molecule has 1 aromatic carbocycles. The van der Waals surface area contributed by atoms with Gasteiger partial charge in [-0.2, -0.15) is 13.8 Å². The Labute approximate surface area is 184 Å². The summed E-state index contributed by atoms with van der Waals surface area (Å²) in [6.07, 6.45) is 3.99. The van der Waals surface area contributed by atoms with Crippen LogP contribution in [0, 0.1) is 5.92 Å². The first-order chi connectivity index (χ1) is 15.1. The Morgan fingerprint density at radius 1 is 1.31 bits per heavy atom. The first-order valence-corrected chi connectivity index (χ1v) is 11.7. The zero-order chi connectivity index (χ0) is 23.4. The van der Waals surface area contributed by atoms with Gasteiger partial charge in [-0.15, -0.1) is 0 Å². The van der Waals surface area contributed by atoms with Crippen LogP contribution in [0.4, 0.5) is 8.78 Å². The molecule has 1 saturated carbocycles. The number of amides is 1. The van der Waals surface area contributed by atoms with Gasteiger partial charge in [-0.25, -0.2) is 13.4 Å². The highest BCUT2D eigenvalue weighted by Crippen LogP contribution is 2.48. The highest BCUT2D eigenvalue weighted by molar-refractivity contribution is 7.93. The third-order valence-electron chi connectivity index (χ3n) is 4.57. The number of benzene rings is 1. The highest BCUT2D eigenvalue weighted by Gasteiger charge is 2.50. The minimum Gasteiger partial charge on any atom is -0.438 e. The second-order valence-corrected chi connectivity index (χ2v) is 9.35. The number of halogens is 2. The van der Waals surface area contributed by atoms with E-state index in [1.165, 1.54) is 13.2 Å². The van der Waals surface area contributed by atoms with Crippen molar-refractivity contribution in [1.29, 1.82) is 0 Å². The number of alkyl halides is 2. The van der Waals surface area contributed by atoms with Crippen molar-refractivity contribution in [2.75, 3.05) is 20.0 Å². The van der Waals surface area contributed by atoms with Crippen LogP contribution in [0.3, 0.4) is 0 Å². The van der Waals surface area contributed by atoms with E-state index < -0.39 is 39.5 Å². The van der Waals surface area contributed by atoms with Gasteiger partial charge in [-0.05, 0) is 31.1 Å². The van der Waals surface area contributed by atoms with Gasteiger partial charge in [-0.1, -0.05) is 18.2 Å². The standard InChI is InChI=1S/C21H23F2N3O5S/c1-30-13-15(10-11-32(2,28)29)25-18(27)17-12-24-20(21(22,23)14-8-9-14)26-19(17)31-16-6-4-3-5-7-16/h3-7,10-12,14-15H,8-9,13H2,1-2H3,(H,25,27)/b11-10+/t15-/m1/s1. The number of nitrogens with zero attached hydrogens (tertiary/aromatic N) is 2. The Bertz CT molecular complexity index is 1090. The Balaban J connectivity index is 1.92. The van der Waals surface area contributed by atoms with Crippen LogP contribution >= 0.6 is 0 Å². The van der Waals surface area contributed by atoms with E-state index in [4.69, 9.17) is 9.47 Å². The molecule has 32 heavy (non-hydrogen) atoms. The van der Waals surface area contributed by atoms with E-state index in [9.17, 15) is 22.0 Å². The monoisotopic (exact) mass is 467 g/mol. The maximum absolute atomic E-state index is 14.6. The summed E-state index contributed by atoms with van der Waals surface area (Å²) in [6, 6.07) is 7.48. The van der Waals surface area contributed by atoms with E-state index >= 15 is 0 Å². The number of aromatic nitrogens is 2. The lowest BCUT2D eigenvalue weighted by Gasteiger charge is -2.18. The molecule has 11 heteroatoms. The largest absolute Gasteiger partial charge is 0.438 e. The Morgan fingerprint density at radius 2 is 2.00 bits per heavy atom. The normalized spacial score (nSPS) is 15.5. The van der Waals surface area contributed by atoms with Gasteiger partial charge in [0.05, 0.1) is 12.6 Å². The highest BCUT2D eigenvalue weighted by atomic mass is 32.2. The van der Waals surface area contributed by atoms with Crippen LogP contribution in [-0.4, -0.2) is 50.3 Å². The molecule has 1 aromatic heterocycles. The fourth-order valence-electron chi connectivity index (χ4n) is 2.80. The smallest absolute Gasteiger partial charge is 0.309 e. The molecule has 172 valence electrons. The average Bonchev–Trinajstić information content (AvgIpc) is 3.58. The molecule has 0 aliphatic heterocycles. The number of carbonyl (C=O) groups excluding carboxylic acids is 1. The molecule has 1 amide bonds. The summed E-state index contributed by atoms with van der Waals surface area (Å²) in [5, 5.41) is 3.50. The van der Waals surface area contributed by atoms with Gasteiger partial charge in [0.15, 0.2) is 9.84 Å². The van der Waals surface area contributed by atoms with Crippen LogP contribution in [0.2, 0.25) is 0 Å². The van der Waals surface area contributed by atoms with Crippen LogP contribution in [0.1, 0.15) is 29.0 Å². The van der Waals surface area contributed by atoms with E-state index in [0.29, 0.717) is 18.6 Å². The lowest BCUT2D eigenvalue weighted by atomic mass is 10.2. The minimum atomic E-state index is -3.43. The lowest BCUT2D eigenvalue weighted by molar-refractivity contribution is -0.0379. The molecule has 2 aromatic rings. The fraction of sp³-hybridized carbons (Fsp3) is 0.381. The number of hydrogen-bond acceptors (Lipinski definition) is 7. The Morgan fingerprint density at radius 3 is 2.59 bits per heavy atom. The number of rotatable bonds is 10. The maximum atomic E-state index is 14.6. The van der Waals surface area contributed by atoms with Gasteiger partial charge >= 0.3 is 5.92 Å². The number of hydrogen-bond donors (Lipinski definition) is 1. The van der Waals surface area contributed by atoms with E-state index in [-0.39, 0.29) is 18.1 Å².